The van der Waals surface area contributed by atoms with Crippen molar-refractivity contribution in [1.29, 1.82) is 0 Å². The van der Waals surface area contributed by atoms with Crippen molar-refractivity contribution in [3.05, 3.63) is 29.8 Å². The van der Waals surface area contributed by atoms with E-state index in [1.54, 1.807) is 0 Å². The molecule has 0 bridgehead atoms. The molecular formula is C15H17NO3. The summed E-state index contributed by atoms with van der Waals surface area (Å²) in [5, 5.41) is 2.82. The van der Waals surface area contributed by atoms with E-state index >= 15 is 0 Å². The van der Waals surface area contributed by atoms with Crippen molar-refractivity contribution in [1.82, 2.24) is 0 Å². The summed E-state index contributed by atoms with van der Waals surface area (Å²) in [5.41, 5.74) is 0.470. The Bertz CT molecular complexity index is 540. The number of anilines is 1. The summed E-state index contributed by atoms with van der Waals surface area (Å²) in [6, 6.07) is 7.46. The van der Waals surface area contributed by atoms with Crippen LogP contribution >= 0.6 is 0 Å². The monoisotopic (exact) mass is 259 g/mol. The molecule has 2 aliphatic rings. The van der Waals surface area contributed by atoms with Gasteiger partial charge in [0.15, 0.2) is 5.60 Å². The van der Waals surface area contributed by atoms with Gasteiger partial charge in [-0.3, -0.25) is 9.59 Å². The van der Waals surface area contributed by atoms with Gasteiger partial charge in [0.25, 0.3) is 5.91 Å². The molecule has 1 saturated heterocycles. The predicted octanol–water partition coefficient (Wildman–Crippen LogP) is 2.38. The first kappa shape index (κ1) is 12.4. The second-order valence-corrected chi connectivity index (χ2v) is 5.27. The number of ether oxygens (including phenoxy) is 1. The summed E-state index contributed by atoms with van der Waals surface area (Å²) in [7, 11) is 0. The molecule has 4 nitrogen and oxygen atoms in total. The van der Waals surface area contributed by atoms with E-state index in [2.05, 4.69) is 12.2 Å². The molecule has 1 fully saturated rings. The maximum absolute atomic E-state index is 12.3. The van der Waals surface area contributed by atoms with Crippen LogP contribution in [0.3, 0.4) is 0 Å². The van der Waals surface area contributed by atoms with Gasteiger partial charge in [0.1, 0.15) is 5.78 Å². The van der Waals surface area contributed by atoms with Gasteiger partial charge in [0, 0.05) is 24.1 Å². The number of carbonyl (C=O) groups is 2. The Morgan fingerprint density at radius 2 is 2.16 bits per heavy atom. The van der Waals surface area contributed by atoms with Crippen LogP contribution in [-0.2, 0) is 19.9 Å². The number of para-hydroxylation sites is 1. The zero-order valence-corrected chi connectivity index (χ0v) is 10.9. The molecule has 0 aliphatic carbocycles. The molecule has 0 saturated carbocycles. The number of Topliss-reactive ketones (excluding diaryl/α,β-unsaturated/α-hetero) is 1. The average Bonchev–Trinajstić information content (AvgIpc) is 2.62. The van der Waals surface area contributed by atoms with Crippen LogP contribution in [0, 0.1) is 0 Å². The Hall–Kier alpha value is -1.68. The summed E-state index contributed by atoms with van der Waals surface area (Å²) in [6.45, 7) is 2.05. The van der Waals surface area contributed by atoms with E-state index in [0.29, 0.717) is 6.42 Å². The molecule has 1 aromatic rings. The number of rotatable bonds is 2. The van der Waals surface area contributed by atoms with E-state index in [9.17, 15) is 9.59 Å². The minimum Gasteiger partial charge on any atom is -0.356 e. The number of fused-ring (bicyclic) bond motifs is 2. The molecule has 19 heavy (non-hydrogen) atoms. The molecule has 1 spiro atoms. The fraction of sp³-hybridized carbons (Fsp3) is 0.467. The highest BCUT2D eigenvalue weighted by Crippen LogP contribution is 2.45. The van der Waals surface area contributed by atoms with E-state index in [1.807, 2.05) is 24.3 Å². The first-order valence-corrected chi connectivity index (χ1v) is 6.76. The Labute approximate surface area is 112 Å². The highest BCUT2D eigenvalue weighted by atomic mass is 16.5. The molecule has 2 heterocycles. The first-order valence-electron chi connectivity index (χ1n) is 6.76. The van der Waals surface area contributed by atoms with Crippen LogP contribution in [0.2, 0.25) is 0 Å². The van der Waals surface area contributed by atoms with Gasteiger partial charge in [0.2, 0.25) is 0 Å². The SMILES string of the molecule is CCC[C@@H]1CC(=O)C[C@]2(O1)C(=O)Nc1ccccc12. The molecule has 1 aromatic carbocycles. The number of benzene rings is 1. The minimum atomic E-state index is -1.09. The predicted molar refractivity (Wildman–Crippen MR) is 70.8 cm³/mol. The van der Waals surface area contributed by atoms with Crippen molar-refractivity contribution in [2.45, 2.75) is 44.3 Å². The topological polar surface area (TPSA) is 55.4 Å². The van der Waals surface area contributed by atoms with Gasteiger partial charge in [-0.1, -0.05) is 31.5 Å². The van der Waals surface area contributed by atoms with Gasteiger partial charge in [0.05, 0.1) is 6.10 Å². The van der Waals surface area contributed by atoms with E-state index < -0.39 is 5.60 Å². The molecule has 1 amide bonds. The molecule has 4 heteroatoms. The lowest BCUT2D eigenvalue weighted by atomic mass is 9.84. The van der Waals surface area contributed by atoms with E-state index in [4.69, 9.17) is 4.74 Å². The number of carbonyl (C=O) groups excluding carboxylic acids is 2. The van der Waals surface area contributed by atoms with Crippen LogP contribution < -0.4 is 5.32 Å². The summed E-state index contributed by atoms with van der Waals surface area (Å²) in [6.07, 6.45) is 2.17. The molecule has 0 unspecified atom stereocenters. The van der Waals surface area contributed by atoms with Crippen LogP contribution in [0.4, 0.5) is 5.69 Å². The maximum atomic E-state index is 12.3. The summed E-state index contributed by atoms with van der Waals surface area (Å²) < 4.78 is 6.05. The number of amides is 1. The fourth-order valence-electron chi connectivity index (χ4n) is 3.04. The standard InChI is InChI=1S/C15H17NO3/c1-2-5-11-8-10(17)9-15(19-11)12-6-3-4-7-13(12)16-14(15)18/h3-4,6-7,11H,2,5,8-9H2,1H3,(H,16,18)/t11-,15-/m1/s1. The van der Waals surface area contributed by atoms with E-state index in [0.717, 1.165) is 24.1 Å². The van der Waals surface area contributed by atoms with Crippen molar-refractivity contribution >= 4 is 17.4 Å². The van der Waals surface area contributed by atoms with Crippen LogP contribution in [0.15, 0.2) is 24.3 Å². The highest BCUT2D eigenvalue weighted by Gasteiger charge is 2.53. The van der Waals surface area contributed by atoms with Gasteiger partial charge >= 0.3 is 0 Å². The molecule has 0 aromatic heterocycles. The van der Waals surface area contributed by atoms with Crippen LogP contribution in [0.1, 0.15) is 38.2 Å². The minimum absolute atomic E-state index is 0.108. The largest absolute Gasteiger partial charge is 0.356 e. The van der Waals surface area contributed by atoms with E-state index in [-0.39, 0.29) is 24.2 Å². The molecular weight excluding hydrogens is 242 g/mol. The lowest BCUT2D eigenvalue weighted by Gasteiger charge is -2.36. The van der Waals surface area contributed by atoms with Gasteiger partial charge < -0.3 is 10.1 Å². The van der Waals surface area contributed by atoms with Crippen molar-refractivity contribution in [3.63, 3.8) is 0 Å². The molecule has 100 valence electrons. The summed E-state index contributed by atoms with van der Waals surface area (Å²) >= 11 is 0. The molecule has 3 rings (SSSR count). The van der Waals surface area contributed by atoms with Crippen LogP contribution in [0.5, 0.6) is 0 Å². The fourth-order valence-corrected chi connectivity index (χ4v) is 3.04. The Balaban J connectivity index is 2.02. The Kier molecular flexibility index (Phi) is 2.90. The quantitative estimate of drug-likeness (QED) is 0.887. The number of hydrogen-bond donors (Lipinski definition) is 1. The van der Waals surface area contributed by atoms with Gasteiger partial charge in [-0.25, -0.2) is 0 Å². The van der Waals surface area contributed by atoms with Crippen LogP contribution in [0.25, 0.3) is 0 Å². The number of nitrogens with one attached hydrogen (secondary N) is 1. The van der Waals surface area contributed by atoms with E-state index in [1.165, 1.54) is 0 Å². The molecule has 0 radical (unpaired) electrons. The van der Waals surface area contributed by atoms with Gasteiger partial charge in [-0.15, -0.1) is 0 Å². The average molecular weight is 259 g/mol. The van der Waals surface area contributed by atoms with Crippen molar-refractivity contribution in [2.75, 3.05) is 5.32 Å². The van der Waals surface area contributed by atoms with Crippen molar-refractivity contribution in [2.24, 2.45) is 0 Å². The van der Waals surface area contributed by atoms with Gasteiger partial charge in [-0.05, 0) is 12.5 Å². The smallest absolute Gasteiger partial charge is 0.261 e. The van der Waals surface area contributed by atoms with Gasteiger partial charge in [-0.2, -0.15) is 0 Å². The van der Waals surface area contributed by atoms with Crippen molar-refractivity contribution in [3.8, 4) is 0 Å². The molecule has 2 aliphatic heterocycles. The lowest BCUT2D eigenvalue weighted by molar-refractivity contribution is -0.170. The zero-order valence-electron chi connectivity index (χ0n) is 10.9. The first-order chi connectivity index (χ1) is 9.15. The molecule has 2 atom stereocenters. The highest BCUT2D eigenvalue weighted by molar-refractivity contribution is 6.07. The Morgan fingerprint density at radius 1 is 1.37 bits per heavy atom. The summed E-state index contributed by atoms with van der Waals surface area (Å²) in [4.78, 5) is 24.3. The third kappa shape index (κ3) is 1.87. The number of hydrogen-bond acceptors (Lipinski definition) is 3. The number of ketones is 1. The third-order valence-electron chi connectivity index (χ3n) is 3.86. The second kappa shape index (κ2) is 4.46. The summed E-state index contributed by atoms with van der Waals surface area (Å²) in [5.74, 6) is -0.0978. The Morgan fingerprint density at radius 3 is 2.95 bits per heavy atom. The zero-order chi connectivity index (χ0) is 13.5. The molecule has 1 N–H and O–H groups in total. The second-order valence-electron chi connectivity index (χ2n) is 5.27. The lowest BCUT2D eigenvalue weighted by Crippen LogP contribution is -2.46. The van der Waals surface area contributed by atoms with Crippen molar-refractivity contribution < 1.29 is 14.3 Å². The van der Waals surface area contributed by atoms with Crippen LogP contribution in [-0.4, -0.2) is 17.8 Å². The maximum Gasteiger partial charge on any atom is 0.261 e. The third-order valence-corrected chi connectivity index (χ3v) is 3.86. The normalized spacial score (nSPS) is 29.4.